The van der Waals surface area contributed by atoms with Crippen molar-refractivity contribution in [1.82, 2.24) is 24.1 Å². The quantitative estimate of drug-likeness (QED) is 0.662. The second-order valence-corrected chi connectivity index (χ2v) is 8.70. The lowest BCUT2D eigenvalue weighted by Gasteiger charge is -2.14. The topological polar surface area (TPSA) is 98.9 Å². The molecule has 0 aliphatic heterocycles. The van der Waals surface area contributed by atoms with Gasteiger partial charge in [0.2, 0.25) is 0 Å². The van der Waals surface area contributed by atoms with Gasteiger partial charge in [0.25, 0.3) is 15.6 Å². The molecule has 0 aliphatic carbocycles. The third kappa shape index (κ3) is 4.42. The van der Waals surface area contributed by atoms with E-state index < -0.39 is 16.1 Å². The first kappa shape index (κ1) is 19.2. The summed E-state index contributed by atoms with van der Waals surface area (Å²) >= 11 is 0. The van der Waals surface area contributed by atoms with Gasteiger partial charge in [-0.05, 0) is 18.9 Å². The molecule has 3 rings (SSSR count). The van der Waals surface area contributed by atoms with E-state index in [1.165, 1.54) is 17.2 Å². The van der Waals surface area contributed by atoms with Gasteiger partial charge in [-0.2, -0.15) is 5.10 Å². The summed E-state index contributed by atoms with van der Waals surface area (Å²) in [7, 11) is -3.78. The first-order valence-electron chi connectivity index (χ1n) is 8.75. The Morgan fingerprint density at radius 1 is 1.15 bits per heavy atom. The molecule has 0 saturated carbocycles. The minimum atomic E-state index is -3.78. The Bertz CT molecular complexity index is 1100. The molecule has 0 radical (unpaired) electrons. The van der Waals surface area contributed by atoms with E-state index in [2.05, 4.69) is 14.8 Å². The van der Waals surface area contributed by atoms with E-state index in [0.29, 0.717) is 17.8 Å². The Labute approximate surface area is 157 Å². The number of sulfonamides is 1. The van der Waals surface area contributed by atoms with Crippen molar-refractivity contribution in [2.24, 2.45) is 5.92 Å². The summed E-state index contributed by atoms with van der Waals surface area (Å²) < 4.78 is 30.6. The SMILES string of the molecule is CC(C)Cn1cnc(S(=O)(=O)N[C@@H](C)Cn2ncc3ccccc3c2=O)c1. The van der Waals surface area contributed by atoms with E-state index in [1.54, 1.807) is 29.8 Å². The van der Waals surface area contributed by atoms with E-state index >= 15 is 0 Å². The summed E-state index contributed by atoms with van der Waals surface area (Å²) in [4.78, 5) is 16.5. The Morgan fingerprint density at radius 2 is 1.89 bits per heavy atom. The van der Waals surface area contributed by atoms with E-state index in [4.69, 9.17) is 0 Å². The van der Waals surface area contributed by atoms with Crippen LogP contribution in [0.1, 0.15) is 20.8 Å². The molecule has 0 saturated heterocycles. The van der Waals surface area contributed by atoms with Crippen molar-refractivity contribution in [3.05, 3.63) is 53.3 Å². The highest BCUT2D eigenvalue weighted by molar-refractivity contribution is 7.89. The summed E-state index contributed by atoms with van der Waals surface area (Å²) in [6.07, 6.45) is 4.62. The lowest BCUT2D eigenvalue weighted by molar-refractivity contribution is 0.479. The highest BCUT2D eigenvalue weighted by Crippen LogP contribution is 2.09. The molecule has 144 valence electrons. The summed E-state index contributed by atoms with van der Waals surface area (Å²) in [5.41, 5.74) is -0.250. The number of nitrogens with zero attached hydrogens (tertiary/aromatic N) is 4. The van der Waals surface area contributed by atoms with Crippen molar-refractivity contribution < 1.29 is 8.42 Å². The predicted octanol–water partition coefficient (Wildman–Crippen LogP) is 1.62. The van der Waals surface area contributed by atoms with Gasteiger partial charge in [-0.15, -0.1) is 0 Å². The second kappa shape index (κ2) is 7.61. The Hall–Kier alpha value is -2.52. The molecular formula is C18H23N5O3S. The van der Waals surface area contributed by atoms with E-state index in [9.17, 15) is 13.2 Å². The second-order valence-electron chi connectivity index (χ2n) is 7.04. The van der Waals surface area contributed by atoms with Crippen LogP contribution >= 0.6 is 0 Å². The van der Waals surface area contributed by atoms with Crippen LogP contribution in [-0.4, -0.2) is 33.8 Å². The zero-order chi connectivity index (χ0) is 19.6. The van der Waals surface area contributed by atoms with Gasteiger partial charge in [0.05, 0.1) is 24.5 Å². The van der Waals surface area contributed by atoms with Crippen LogP contribution < -0.4 is 10.3 Å². The lowest BCUT2D eigenvalue weighted by atomic mass is 10.2. The molecule has 0 fully saturated rings. The molecule has 0 bridgehead atoms. The molecule has 0 aliphatic rings. The zero-order valence-electron chi connectivity index (χ0n) is 15.5. The number of nitrogens with one attached hydrogen (secondary N) is 1. The average molecular weight is 389 g/mol. The maximum atomic E-state index is 12.5. The number of fused-ring (bicyclic) bond motifs is 1. The average Bonchev–Trinajstić information content (AvgIpc) is 3.06. The van der Waals surface area contributed by atoms with Crippen LogP contribution in [0.25, 0.3) is 10.8 Å². The number of hydrogen-bond acceptors (Lipinski definition) is 5. The van der Waals surface area contributed by atoms with Crippen LogP contribution in [0, 0.1) is 5.92 Å². The molecule has 0 unspecified atom stereocenters. The van der Waals surface area contributed by atoms with Crippen molar-refractivity contribution in [1.29, 1.82) is 0 Å². The number of aromatic nitrogens is 4. The van der Waals surface area contributed by atoms with Gasteiger partial charge < -0.3 is 4.57 Å². The van der Waals surface area contributed by atoms with E-state index in [1.807, 2.05) is 26.0 Å². The third-order valence-electron chi connectivity index (χ3n) is 4.03. The van der Waals surface area contributed by atoms with Crippen molar-refractivity contribution in [3.8, 4) is 0 Å². The number of rotatable bonds is 7. The molecule has 3 aromatic rings. The first-order chi connectivity index (χ1) is 12.8. The predicted molar refractivity (Wildman–Crippen MR) is 103 cm³/mol. The Morgan fingerprint density at radius 3 is 2.63 bits per heavy atom. The number of benzene rings is 1. The van der Waals surface area contributed by atoms with Gasteiger partial charge in [0, 0.05) is 24.2 Å². The van der Waals surface area contributed by atoms with E-state index in [0.717, 1.165) is 5.39 Å². The van der Waals surface area contributed by atoms with Gasteiger partial charge in [0.1, 0.15) is 0 Å². The van der Waals surface area contributed by atoms with Crippen molar-refractivity contribution in [2.75, 3.05) is 0 Å². The van der Waals surface area contributed by atoms with Gasteiger partial charge in [-0.25, -0.2) is 22.8 Å². The molecule has 2 heterocycles. The van der Waals surface area contributed by atoms with Crippen LogP contribution in [0.15, 0.2) is 52.8 Å². The minimum Gasteiger partial charge on any atom is -0.336 e. The third-order valence-corrected chi connectivity index (χ3v) is 5.50. The molecule has 1 N–H and O–H groups in total. The molecule has 2 aromatic heterocycles. The lowest BCUT2D eigenvalue weighted by Crippen LogP contribution is -2.39. The highest BCUT2D eigenvalue weighted by atomic mass is 32.2. The van der Waals surface area contributed by atoms with Crippen molar-refractivity contribution in [2.45, 2.75) is 44.9 Å². The fourth-order valence-electron chi connectivity index (χ4n) is 2.88. The van der Waals surface area contributed by atoms with Crippen LogP contribution in [0.4, 0.5) is 0 Å². The number of imidazole rings is 1. The fourth-order valence-corrected chi connectivity index (χ4v) is 4.06. The van der Waals surface area contributed by atoms with Crippen LogP contribution in [-0.2, 0) is 23.1 Å². The van der Waals surface area contributed by atoms with Gasteiger partial charge in [0.15, 0.2) is 5.03 Å². The molecule has 1 aromatic carbocycles. The molecule has 27 heavy (non-hydrogen) atoms. The highest BCUT2D eigenvalue weighted by Gasteiger charge is 2.21. The molecule has 9 heteroatoms. The smallest absolute Gasteiger partial charge is 0.274 e. The fraction of sp³-hybridized carbons (Fsp3) is 0.389. The van der Waals surface area contributed by atoms with Crippen LogP contribution in [0.3, 0.4) is 0 Å². The zero-order valence-corrected chi connectivity index (χ0v) is 16.3. The molecule has 0 amide bonds. The maximum Gasteiger partial charge on any atom is 0.274 e. The standard InChI is InChI=1S/C18H23N5O3S/c1-13(2)9-22-11-17(19-12-22)27(25,26)21-14(3)10-23-18(24)16-7-5-4-6-15(16)8-20-23/h4-8,11-14,21H,9-10H2,1-3H3/t14-/m0/s1. The van der Waals surface area contributed by atoms with Gasteiger partial charge in [-0.1, -0.05) is 32.0 Å². The minimum absolute atomic E-state index is 0.0335. The first-order valence-corrected chi connectivity index (χ1v) is 10.2. The van der Waals surface area contributed by atoms with Crippen LogP contribution in [0.5, 0.6) is 0 Å². The Kier molecular flexibility index (Phi) is 5.43. The summed E-state index contributed by atoms with van der Waals surface area (Å²) in [6.45, 7) is 6.58. The van der Waals surface area contributed by atoms with E-state index in [-0.39, 0.29) is 17.1 Å². The van der Waals surface area contributed by atoms with Crippen molar-refractivity contribution >= 4 is 20.8 Å². The Balaban J connectivity index is 1.75. The number of hydrogen-bond donors (Lipinski definition) is 1. The summed E-state index contributed by atoms with van der Waals surface area (Å²) in [5.74, 6) is 0.382. The molecular weight excluding hydrogens is 366 g/mol. The molecule has 0 spiro atoms. The van der Waals surface area contributed by atoms with Gasteiger partial charge in [-0.3, -0.25) is 4.79 Å². The normalized spacial score (nSPS) is 13.3. The van der Waals surface area contributed by atoms with Gasteiger partial charge >= 0.3 is 0 Å². The molecule has 1 atom stereocenters. The maximum absolute atomic E-state index is 12.5. The summed E-state index contributed by atoms with van der Waals surface area (Å²) in [5, 5.41) is 5.41. The molecule has 8 nitrogen and oxygen atoms in total. The summed E-state index contributed by atoms with van der Waals surface area (Å²) in [6, 6.07) is 6.63. The largest absolute Gasteiger partial charge is 0.336 e. The van der Waals surface area contributed by atoms with Crippen LogP contribution in [0.2, 0.25) is 0 Å². The van der Waals surface area contributed by atoms with Crippen molar-refractivity contribution in [3.63, 3.8) is 0 Å². The monoisotopic (exact) mass is 389 g/mol.